The average Bonchev–Trinajstić information content (AvgIpc) is 2.58. The van der Waals surface area contributed by atoms with Crippen LogP contribution in [0.3, 0.4) is 0 Å². The maximum absolute atomic E-state index is 12.5. The largest absolute Gasteiger partial charge is 0.342 e. The zero-order valence-corrected chi connectivity index (χ0v) is 15.9. The summed E-state index contributed by atoms with van der Waals surface area (Å²) in [6.07, 6.45) is 0. The number of halogens is 2. The van der Waals surface area contributed by atoms with Crippen LogP contribution in [-0.4, -0.2) is 15.5 Å². The molecule has 0 saturated carbocycles. The average molecular weight is 421 g/mol. The van der Waals surface area contributed by atoms with Crippen molar-refractivity contribution in [3.63, 3.8) is 0 Å². The molecular weight excluding hydrogens is 406 g/mol. The molecule has 0 bridgehead atoms. The van der Waals surface area contributed by atoms with Crippen LogP contribution < -0.4 is 10.9 Å². The summed E-state index contributed by atoms with van der Waals surface area (Å²) >= 11 is 9.36. The van der Waals surface area contributed by atoms with Crippen molar-refractivity contribution >= 4 is 44.3 Å². The lowest BCUT2D eigenvalue weighted by atomic mass is 10.2. The van der Waals surface area contributed by atoms with Crippen molar-refractivity contribution < 1.29 is 4.79 Å². The molecule has 7 heteroatoms. The second-order valence-electron chi connectivity index (χ2n) is 5.67. The number of carbonyl (C=O) groups is 1. The van der Waals surface area contributed by atoms with E-state index in [1.165, 1.54) is 4.57 Å². The number of hydrogen-bond acceptors (Lipinski definition) is 3. The normalized spacial score (nSPS) is 12.2. The molecule has 0 aliphatic rings. The molecule has 2 aromatic carbocycles. The van der Waals surface area contributed by atoms with E-state index in [9.17, 15) is 9.59 Å². The SMILES string of the molecule is CC(NC(=O)c1ccccc1Br)c1nc2cc(Cl)ccc2c(=O)n1C. The van der Waals surface area contributed by atoms with E-state index in [2.05, 4.69) is 26.2 Å². The molecule has 5 nitrogen and oxygen atoms in total. The van der Waals surface area contributed by atoms with Crippen molar-refractivity contribution in [1.29, 1.82) is 0 Å². The predicted molar refractivity (Wildman–Crippen MR) is 102 cm³/mol. The van der Waals surface area contributed by atoms with E-state index in [0.717, 1.165) is 0 Å². The van der Waals surface area contributed by atoms with Gasteiger partial charge in [0.15, 0.2) is 0 Å². The molecule has 1 unspecified atom stereocenters. The van der Waals surface area contributed by atoms with E-state index in [0.29, 0.717) is 31.8 Å². The Morgan fingerprint density at radius 2 is 2.00 bits per heavy atom. The van der Waals surface area contributed by atoms with Gasteiger partial charge in [-0.2, -0.15) is 0 Å². The highest BCUT2D eigenvalue weighted by Crippen LogP contribution is 2.19. The van der Waals surface area contributed by atoms with Crippen LogP contribution in [-0.2, 0) is 7.05 Å². The van der Waals surface area contributed by atoms with Gasteiger partial charge in [0, 0.05) is 16.5 Å². The minimum Gasteiger partial charge on any atom is -0.342 e. The Morgan fingerprint density at radius 3 is 2.72 bits per heavy atom. The van der Waals surface area contributed by atoms with E-state index < -0.39 is 6.04 Å². The molecule has 0 fully saturated rings. The molecule has 25 heavy (non-hydrogen) atoms. The molecular formula is C18H15BrClN3O2. The second-order valence-corrected chi connectivity index (χ2v) is 6.96. The first-order valence-electron chi connectivity index (χ1n) is 7.60. The maximum atomic E-state index is 12.5. The third kappa shape index (κ3) is 3.45. The van der Waals surface area contributed by atoms with Gasteiger partial charge in [0.25, 0.3) is 11.5 Å². The fraction of sp³-hybridized carbons (Fsp3) is 0.167. The molecule has 0 saturated heterocycles. The Kier molecular flexibility index (Phi) is 4.92. The third-order valence-electron chi connectivity index (χ3n) is 3.93. The van der Waals surface area contributed by atoms with E-state index >= 15 is 0 Å². The van der Waals surface area contributed by atoms with Crippen molar-refractivity contribution in [1.82, 2.24) is 14.9 Å². The van der Waals surface area contributed by atoms with Crippen LogP contribution in [0, 0.1) is 0 Å². The highest BCUT2D eigenvalue weighted by molar-refractivity contribution is 9.10. The molecule has 1 heterocycles. The van der Waals surface area contributed by atoms with Gasteiger partial charge in [0.05, 0.1) is 22.5 Å². The first-order chi connectivity index (χ1) is 11.9. The molecule has 3 aromatic rings. The summed E-state index contributed by atoms with van der Waals surface area (Å²) in [7, 11) is 1.64. The number of fused-ring (bicyclic) bond motifs is 1. The van der Waals surface area contributed by atoms with Crippen LogP contribution in [0.15, 0.2) is 51.7 Å². The topological polar surface area (TPSA) is 64.0 Å². The fourth-order valence-corrected chi connectivity index (χ4v) is 3.26. The fourth-order valence-electron chi connectivity index (χ4n) is 2.63. The van der Waals surface area contributed by atoms with Crippen molar-refractivity contribution in [2.45, 2.75) is 13.0 Å². The lowest BCUT2D eigenvalue weighted by Gasteiger charge is -2.17. The Morgan fingerprint density at radius 1 is 1.28 bits per heavy atom. The van der Waals surface area contributed by atoms with Gasteiger partial charge >= 0.3 is 0 Å². The van der Waals surface area contributed by atoms with Crippen molar-refractivity contribution in [2.24, 2.45) is 7.05 Å². The maximum Gasteiger partial charge on any atom is 0.261 e. The van der Waals surface area contributed by atoms with Gasteiger partial charge in [-0.3, -0.25) is 14.2 Å². The zero-order chi connectivity index (χ0) is 18.1. The number of nitrogens with one attached hydrogen (secondary N) is 1. The van der Waals surface area contributed by atoms with Crippen molar-refractivity contribution in [3.8, 4) is 0 Å². The van der Waals surface area contributed by atoms with Gasteiger partial charge in [0.2, 0.25) is 0 Å². The Bertz CT molecular complexity index is 1030. The Hall–Kier alpha value is -2.18. The lowest BCUT2D eigenvalue weighted by Crippen LogP contribution is -2.32. The molecule has 3 rings (SSSR count). The highest BCUT2D eigenvalue weighted by Gasteiger charge is 2.18. The molecule has 1 N–H and O–H groups in total. The quantitative estimate of drug-likeness (QED) is 0.700. The molecule has 1 atom stereocenters. The summed E-state index contributed by atoms with van der Waals surface area (Å²) in [5, 5.41) is 3.87. The summed E-state index contributed by atoms with van der Waals surface area (Å²) < 4.78 is 2.15. The van der Waals surface area contributed by atoms with Gasteiger partial charge in [-0.25, -0.2) is 4.98 Å². The molecule has 0 aliphatic carbocycles. The second kappa shape index (κ2) is 6.98. The number of hydrogen-bond donors (Lipinski definition) is 1. The number of aromatic nitrogens is 2. The summed E-state index contributed by atoms with van der Waals surface area (Å²) in [6.45, 7) is 1.78. The minimum absolute atomic E-state index is 0.182. The molecule has 0 spiro atoms. The summed E-state index contributed by atoms with van der Waals surface area (Å²) in [4.78, 5) is 29.5. The third-order valence-corrected chi connectivity index (χ3v) is 4.85. The lowest BCUT2D eigenvalue weighted by molar-refractivity contribution is 0.0937. The van der Waals surface area contributed by atoms with E-state index in [4.69, 9.17) is 11.6 Å². The van der Waals surface area contributed by atoms with E-state index in [-0.39, 0.29) is 11.5 Å². The first kappa shape index (κ1) is 17.6. The van der Waals surface area contributed by atoms with Crippen LogP contribution in [0.1, 0.15) is 29.1 Å². The van der Waals surface area contributed by atoms with Gasteiger partial charge < -0.3 is 5.32 Å². The standard InChI is InChI=1S/C18H15BrClN3O2/c1-10(21-17(24)12-5-3-4-6-14(12)19)16-22-15-9-11(20)7-8-13(15)18(25)23(16)2/h3-10H,1-2H3,(H,21,24). The molecule has 0 aliphatic heterocycles. The number of rotatable bonds is 3. The van der Waals surface area contributed by atoms with E-state index in [1.54, 1.807) is 50.4 Å². The first-order valence-corrected chi connectivity index (χ1v) is 8.77. The molecule has 0 radical (unpaired) electrons. The number of amides is 1. The molecule has 1 aromatic heterocycles. The van der Waals surface area contributed by atoms with E-state index in [1.807, 2.05) is 6.07 Å². The number of nitrogens with zero attached hydrogens (tertiary/aromatic N) is 2. The molecule has 1 amide bonds. The molecule has 128 valence electrons. The predicted octanol–water partition coefficient (Wildman–Crippen LogP) is 3.84. The van der Waals surface area contributed by atoms with Crippen molar-refractivity contribution in [2.75, 3.05) is 0 Å². The van der Waals surface area contributed by atoms with Gasteiger partial charge in [-0.05, 0) is 53.2 Å². The highest BCUT2D eigenvalue weighted by atomic mass is 79.9. The summed E-state index contributed by atoms with van der Waals surface area (Å²) in [6, 6.07) is 11.6. The van der Waals surface area contributed by atoms with Crippen LogP contribution in [0.25, 0.3) is 10.9 Å². The minimum atomic E-state index is -0.458. The van der Waals surface area contributed by atoms with Gasteiger partial charge in [-0.15, -0.1) is 0 Å². The number of benzene rings is 2. The monoisotopic (exact) mass is 419 g/mol. The summed E-state index contributed by atoms with van der Waals surface area (Å²) in [5.74, 6) is 0.209. The van der Waals surface area contributed by atoms with Crippen molar-refractivity contribution in [3.05, 3.63) is 73.7 Å². The number of carbonyl (C=O) groups excluding carboxylic acids is 1. The Labute approximate surface area is 157 Å². The van der Waals surface area contributed by atoms with Crippen LogP contribution in [0.4, 0.5) is 0 Å². The smallest absolute Gasteiger partial charge is 0.261 e. The Balaban J connectivity index is 1.98. The van der Waals surface area contributed by atoms with Gasteiger partial charge in [0.1, 0.15) is 5.82 Å². The zero-order valence-electron chi connectivity index (χ0n) is 13.6. The van der Waals surface area contributed by atoms with Gasteiger partial charge in [-0.1, -0.05) is 23.7 Å². The van der Waals surface area contributed by atoms with Crippen LogP contribution in [0.5, 0.6) is 0 Å². The van der Waals surface area contributed by atoms with Crippen LogP contribution >= 0.6 is 27.5 Å². The summed E-state index contributed by atoms with van der Waals surface area (Å²) in [5.41, 5.74) is 0.842. The van der Waals surface area contributed by atoms with Crippen LogP contribution in [0.2, 0.25) is 5.02 Å².